The molecular weight excluding hydrogens is 1170 g/mol. The van der Waals surface area contributed by atoms with Gasteiger partial charge in [0.25, 0.3) is 0 Å². The molecule has 0 unspecified atom stereocenters. The first-order valence-corrected chi connectivity index (χ1v) is 38.1. The number of hydrogen-bond acceptors (Lipinski definition) is 0. The Bertz CT molecular complexity index is 4040. The van der Waals surface area contributed by atoms with Gasteiger partial charge in [-0.1, -0.05) is 383 Å². The monoisotopic (exact) mass is 1250 g/mol. The van der Waals surface area contributed by atoms with Crippen LogP contribution in [-0.2, 0) is 19.3 Å². The molecule has 0 amide bonds. The summed E-state index contributed by atoms with van der Waals surface area (Å²) >= 11 is 0. The number of fused-ring (bicyclic) bond motifs is 4. The molecule has 452 valence electrons. The Hall–Kier alpha value is -8.16. The predicted octanol–water partition coefficient (Wildman–Crippen LogP) is 18.7. The maximum Gasteiger partial charge on any atom is -0.00000770 e. The quantitative estimate of drug-likeness (QED) is 0.107. The van der Waals surface area contributed by atoms with Crippen molar-refractivity contribution in [1.82, 2.24) is 0 Å². The van der Waals surface area contributed by atoms with Gasteiger partial charge in [0, 0.05) is 0 Å². The van der Waals surface area contributed by atoms with Gasteiger partial charge in [-0.15, -0.1) is 0 Å². The average molecular weight is 1250 g/mol. The summed E-state index contributed by atoms with van der Waals surface area (Å²) < 4.78 is 0. The molecule has 13 aromatic rings. The van der Waals surface area contributed by atoms with E-state index in [-0.39, 0.29) is 0 Å². The minimum absolute atomic E-state index is 0.657. The zero-order valence-electron chi connectivity index (χ0n) is 54.1. The third-order valence-corrected chi connectivity index (χ3v) is 26.4. The van der Waals surface area contributed by atoms with E-state index >= 15 is 0 Å². The third-order valence-electron chi connectivity index (χ3n) is 16.2. The maximum atomic E-state index is 2.43. The van der Waals surface area contributed by atoms with Gasteiger partial charge in [-0.2, -0.15) is 0 Å². The lowest BCUT2D eigenvalue weighted by Gasteiger charge is -2.31. The molecule has 0 N–H and O–H groups in total. The first-order chi connectivity index (χ1) is 45.2. The fourth-order valence-corrected chi connectivity index (χ4v) is 22.6. The minimum atomic E-state index is -0.721. The highest BCUT2D eigenvalue weighted by atomic mass is 31.1. The highest BCUT2D eigenvalue weighted by molar-refractivity contribution is 7.81. The van der Waals surface area contributed by atoms with Crippen molar-refractivity contribution in [3.05, 3.63) is 361 Å². The van der Waals surface area contributed by atoms with Crippen molar-refractivity contribution in [2.75, 3.05) is 0 Å². The molecule has 0 nitrogen and oxygen atoms in total. The van der Waals surface area contributed by atoms with Gasteiger partial charge in [0.1, 0.15) is 0 Å². The second kappa shape index (κ2) is 33.2. The van der Waals surface area contributed by atoms with Gasteiger partial charge in [0.15, 0.2) is 0 Å². The van der Waals surface area contributed by atoms with Gasteiger partial charge in [-0.25, -0.2) is 0 Å². The van der Waals surface area contributed by atoms with E-state index in [9.17, 15) is 0 Å². The lowest BCUT2D eigenvalue weighted by molar-refractivity contribution is 1.02. The molecule has 4 heteroatoms. The second-order valence-electron chi connectivity index (χ2n) is 21.2. The van der Waals surface area contributed by atoms with Gasteiger partial charge in [-0.3, -0.25) is 0 Å². The summed E-state index contributed by atoms with van der Waals surface area (Å²) in [6.45, 7) is 16.0. The van der Waals surface area contributed by atoms with Crippen LogP contribution >= 0.6 is 31.7 Å². The van der Waals surface area contributed by atoms with E-state index in [4.69, 9.17) is 0 Å². The molecule has 0 spiro atoms. The molecule has 0 aliphatic heterocycles. The first kappa shape index (κ1) is 65.8. The molecule has 2 aliphatic carbocycles. The molecule has 2 aliphatic rings. The zero-order chi connectivity index (χ0) is 63.3. The number of hydrogen-bond donors (Lipinski definition) is 0. The Morgan fingerprint density at radius 2 is 0.440 bits per heavy atom. The molecular formula is C87H84P4. The number of benzene rings is 13. The van der Waals surface area contributed by atoms with Crippen LogP contribution in [0.2, 0.25) is 0 Å². The second-order valence-corrected chi connectivity index (χ2v) is 29.9. The molecule has 0 radical (unpaired) electrons. The molecule has 13 aromatic carbocycles. The Morgan fingerprint density at radius 1 is 0.187 bits per heavy atom. The van der Waals surface area contributed by atoms with Crippen molar-refractivity contribution in [3.8, 4) is 11.1 Å². The standard InChI is InChI=1S/C41H30P2.C38H30P2.4C2H6/c1-5-16-31(17-6-1)42(32-18-7-2-8-19-32)39-26-14-24-35-36-25-13-15-30-27-28-40(38(41(30)36)29-37(35)39)43(33-20-9-3-10-21-33)34-22-11-4-12-23-34;1-5-17-31(18-6-1)39(32-19-7-2-8-20-32)37-25-13-15-29-27-30-16-14-26-38(36(30)28-35(29)37)40(33-21-9-3-10-22-33)34-23-11-4-12-24-34;4*1-2/h1-28H,29H2;1-26H,27-28H2;4*1-2H3. The van der Waals surface area contributed by atoms with Gasteiger partial charge >= 0.3 is 0 Å². The fourth-order valence-electron chi connectivity index (χ4n) is 12.6. The fraction of sp³-hybridized carbons (Fsp3) is 0.126. The van der Waals surface area contributed by atoms with Crippen LogP contribution in [0.4, 0.5) is 0 Å². The molecule has 0 bridgehead atoms. The van der Waals surface area contributed by atoms with E-state index in [1.165, 1.54) is 119 Å². The smallest absolute Gasteiger partial charge is 0.00000770 e. The Balaban J connectivity index is 0.000000181. The molecule has 0 saturated heterocycles. The molecule has 91 heavy (non-hydrogen) atoms. The topological polar surface area (TPSA) is 0 Å². The van der Waals surface area contributed by atoms with Crippen molar-refractivity contribution in [1.29, 1.82) is 0 Å². The highest BCUT2D eigenvalue weighted by Gasteiger charge is 2.31. The van der Waals surface area contributed by atoms with Crippen LogP contribution in [-0.4, -0.2) is 0 Å². The Morgan fingerprint density at radius 3 is 0.758 bits per heavy atom. The molecule has 0 heterocycles. The molecule has 0 saturated carbocycles. The van der Waals surface area contributed by atoms with E-state index in [1.807, 2.05) is 55.4 Å². The van der Waals surface area contributed by atoms with Crippen LogP contribution in [0, 0.1) is 0 Å². The summed E-state index contributed by atoms with van der Waals surface area (Å²) in [5, 5.41) is 19.9. The van der Waals surface area contributed by atoms with Gasteiger partial charge in [0.05, 0.1) is 0 Å². The van der Waals surface area contributed by atoms with E-state index in [0.29, 0.717) is 0 Å². The Kier molecular flexibility index (Phi) is 24.0. The lowest BCUT2D eigenvalue weighted by Crippen LogP contribution is -2.29. The van der Waals surface area contributed by atoms with Crippen LogP contribution in [0.25, 0.3) is 21.9 Å². The highest BCUT2D eigenvalue weighted by Crippen LogP contribution is 2.47. The van der Waals surface area contributed by atoms with Crippen molar-refractivity contribution < 1.29 is 0 Å². The summed E-state index contributed by atoms with van der Waals surface area (Å²) in [6, 6.07) is 122. The average Bonchev–Trinajstić information content (AvgIpc) is 0.798. The molecule has 0 aromatic heterocycles. The van der Waals surface area contributed by atoms with Crippen LogP contribution < -0.4 is 63.7 Å². The lowest BCUT2D eigenvalue weighted by atomic mass is 9.83. The summed E-state index contributed by atoms with van der Waals surface area (Å²) in [7, 11) is -2.75. The van der Waals surface area contributed by atoms with Gasteiger partial charge < -0.3 is 0 Å². The first-order valence-electron chi connectivity index (χ1n) is 32.7. The van der Waals surface area contributed by atoms with Crippen molar-refractivity contribution in [3.63, 3.8) is 0 Å². The van der Waals surface area contributed by atoms with Crippen molar-refractivity contribution >= 4 is 106 Å². The minimum Gasteiger partial charge on any atom is -0.0683 e. The summed E-state index contributed by atoms with van der Waals surface area (Å²) in [6.07, 6.45) is 2.91. The molecule has 0 fully saturated rings. The molecule has 0 atom stereocenters. The Labute approximate surface area is 549 Å². The van der Waals surface area contributed by atoms with E-state index in [0.717, 1.165) is 19.3 Å². The normalized spacial score (nSPS) is 11.3. The third kappa shape index (κ3) is 14.6. The molecule has 15 rings (SSSR count). The van der Waals surface area contributed by atoms with Crippen molar-refractivity contribution in [2.24, 2.45) is 0 Å². The van der Waals surface area contributed by atoms with Gasteiger partial charge in [-0.05, 0) is 170 Å². The van der Waals surface area contributed by atoms with Crippen molar-refractivity contribution in [2.45, 2.75) is 74.7 Å². The van der Waals surface area contributed by atoms with Gasteiger partial charge in [0.2, 0.25) is 0 Å². The largest absolute Gasteiger partial charge is 0.0683 e. The maximum absolute atomic E-state index is 2.43. The van der Waals surface area contributed by atoms with Crippen LogP contribution in [0.3, 0.4) is 0 Å². The predicted molar refractivity (Wildman–Crippen MR) is 411 cm³/mol. The zero-order valence-corrected chi connectivity index (χ0v) is 57.7. The summed E-state index contributed by atoms with van der Waals surface area (Å²) in [4.78, 5) is 0. The summed E-state index contributed by atoms with van der Waals surface area (Å²) in [5.74, 6) is 0. The van der Waals surface area contributed by atoms with E-state index in [2.05, 4.69) is 328 Å². The van der Waals surface area contributed by atoms with Crippen LogP contribution in [0.1, 0.15) is 88.8 Å². The van der Waals surface area contributed by atoms with E-state index < -0.39 is 31.7 Å². The summed E-state index contributed by atoms with van der Waals surface area (Å²) in [5.41, 5.74) is 11.7. The van der Waals surface area contributed by atoms with E-state index in [1.54, 1.807) is 0 Å². The SMILES string of the molecule is CC.CC.CC.CC.c1ccc(P(c2ccccc2)c2cccc3c2Cc2c(P(c4ccccc4)c4ccccc4)ccc4cccc-3c24)cc1.c1ccc(P(c2ccccc2)c2cccc3c2Cc2c(cccc2P(c2ccccc2)c2ccccc2)C3)cc1. The van der Waals surface area contributed by atoms with Crippen LogP contribution in [0.15, 0.2) is 328 Å². The van der Waals surface area contributed by atoms with Crippen LogP contribution in [0.5, 0.6) is 0 Å². The number of rotatable bonds is 12.